The van der Waals surface area contributed by atoms with Gasteiger partial charge < -0.3 is 5.32 Å². The highest BCUT2D eigenvalue weighted by atomic mass is 32.1. The minimum Gasteiger partial charge on any atom is -0.343 e. The maximum atomic E-state index is 12.3. The molecule has 22 heavy (non-hydrogen) atoms. The molecule has 1 fully saturated rings. The molecule has 6 nitrogen and oxygen atoms in total. The molecule has 3 aromatic heterocycles. The largest absolute Gasteiger partial charge is 0.343 e. The number of carbonyl (C=O) groups excluding carboxylic acids is 1. The molecule has 1 amide bonds. The molecule has 0 saturated heterocycles. The fraction of sp³-hybridized carbons (Fsp3) is 0.333. The Morgan fingerprint density at radius 2 is 2.23 bits per heavy atom. The van der Waals surface area contributed by atoms with Crippen LogP contribution in [0.3, 0.4) is 0 Å². The molecule has 0 radical (unpaired) electrons. The lowest BCUT2D eigenvalue weighted by atomic mass is 9.75. The van der Waals surface area contributed by atoms with Gasteiger partial charge in [0.2, 0.25) is 0 Å². The normalized spacial score (nSPS) is 19.0. The topological polar surface area (TPSA) is 72.7 Å². The van der Waals surface area contributed by atoms with Crippen molar-refractivity contribution in [2.75, 3.05) is 0 Å². The smallest absolute Gasteiger partial charge is 0.270 e. The SMILES string of the molecule is O=C1NC2(CCC2)Cn2nc(-c3ncnc4sccc34)cc21. The summed E-state index contributed by atoms with van der Waals surface area (Å²) in [7, 11) is 0. The van der Waals surface area contributed by atoms with Gasteiger partial charge in [0, 0.05) is 5.39 Å². The average Bonchev–Trinajstić information content (AvgIpc) is 3.11. The van der Waals surface area contributed by atoms with Crippen LogP contribution in [0.25, 0.3) is 21.6 Å². The summed E-state index contributed by atoms with van der Waals surface area (Å²) in [6.45, 7) is 0.756. The van der Waals surface area contributed by atoms with Crippen LogP contribution < -0.4 is 5.32 Å². The highest BCUT2D eigenvalue weighted by Crippen LogP contribution is 2.37. The summed E-state index contributed by atoms with van der Waals surface area (Å²) < 4.78 is 1.84. The first-order valence-corrected chi connectivity index (χ1v) is 8.21. The number of hydrogen-bond acceptors (Lipinski definition) is 5. The van der Waals surface area contributed by atoms with E-state index in [4.69, 9.17) is 0 Å². The van der Waals surface area contributed by atoms with Crippen molar-refractivity contribution in [3.63, 3.8) is 0 Å². The van der Waals surface area contributed by atoms with Gasteiger partial charge in [0.15, 0.2) is 0 Å². The minimum absolute atomic E-state index is 0.0275. The number of nitrogens with one attached hydrogen (secondary N) is 1. The van der Waals surface area contributed by atoms with E-state index in [2.05, 4.69) is 20.4 Å². The fourth-order valence-corrected chi connectivity index (χ4v) is 4.08. The van der Waals surface area contributed by atoms with Gasteiger partial charge in [0.05, 0.1) is 12.1 Å². The molecule has 5 rings (SSSR count). The molecule has 0 bridgehead atoms. The van der Waals surface area contributed by atoms with Crippen molar-refractivity contribution < 1.29 is 4.79 Å². The number of rotatable bonds is 1. The molecule has 1 spiro atoms. The second-order valence-corrected chi connectivity index (χ2v) is 6.92. The third-order valence-corrected chi connectivity index (χ3v) is 5.48. The molecule has 7 heteroatoms. The van der Waals surface area contributed by atoms with Crippen LogP contribution >= 0.6 is 11.3 Å². The lowest BCUT2D eigenvalue weighted by molar-refractivity contribution is 0.0702. The number of fused-ring (bicyclic) bond motifs is 2. The van der Waals surface area contributed by atoms with Gasteiger partial charge in [-0.25, -0.2) is 9.97 Å². The van der Waals surface area contributed by atoms with Gasteiger partial charge in [0.1, 0.15) is 28.2 Å². The summed E-state index contributed by atoms with van der Waals surface area (Å²) in [6.07, 6.45) is 4.80. The number of hydrogen-bond donors (Lipinski definition) is 1. The maximum Gasteiger partial charge on any atom is 0.270 e. The molecular weight excluding hydrogens is 298 g/mol. The van der Waals surface area contributed by atoms with Gasteiger partial charge in [-0.3, -0.25) is 9.48 Å². The van der Waals surface area contributed by atoms with Gasteiger partial charge >= 0.3 is 0 Å². The predicted octanol–water partition coefficient (Wildman–Crippen LogP) is 2.22. The van der Waals surface area contributed by atoms with Crippen LogP contribution in [0.1, 0.15) is 29.8 Å². The molecule has 0 unspecified atom stereocenters. The lowest BCUT2D eigenvalue weighted by Gasteiger charge is -2.44. The second kappa shape index (κ2) is 4.13. The summed E-state index contributed by atoms with van der Waals surface area (Å²) in [5, 5.41) is 10.8. The van der Waals surface area contributed by atoms with Crippen LogP contribution in [0.4, 0.5) is 0 Å². The summed E-state index contributed by atoms with van der Waals surface area (Å²) in [6, 6.07) is 3.83. The average molecular weight is 311 g/mol. The Kier molecular flexibility index (Phi) is 2.31. The molecule has 1 aliphatic heterocycles. The third-order valence-electron chi connectivity index (χ3n) is 4.66. The monoisotopic (exact) mass is 311 g/mol. The molecule has 1 N–H and O–H groups in total. The Labute approximate surface area is 130 Å². The molecule has 0 aromatic carbocycles. The summed E-state index contributed by atoms with van der Waals surface area (Å²) in [5.74, 6) is -0.0275. The first-order chi connectivity index (χ1) is 10.7. The van der Waals surface area contributed by atoms with E-state index in [0.717, 1.165) is 41.0 Å². The van der Waals surface area contributed by atoms with Crippen molar-refractivity contribution in [1.29, 1.82) is 0 Å². The van der Waals surface area contributed by atoms with E-state index in [9.17, 15) is 4.79 Å². The van der Waals surface area contributed by atoms with Crippen molar-refractivity contribution in [3.05, 3.63) is 29.5 Å². The zero-order valence-corrected chi connectivity index (χ0v) is 12.6. The molecule has 0 atom stereocenters. The van der Waals surface area contributed by atoms with E-state index in [1.807, 2.05) is 22.2 Å². The third kappa shape index (κ3) is 1.60. The van der Waals surface area contributed by atoms with E-state index in [1.165, 1.54) is 6.42 Å². The Bertz CT molecular complexity index is 908. The first-order valence-electron chi connectivity index (χ1n) is 7.33. The van der Waals surface area contributed by atoms with Crippen molar-refractivity contribution in [1.82, 2.24) is 25.1 Å². The Morgan fingerprint density at radius 1 is 1.32 bits per heavy atom. The van der Waals surface area contributed by atoms with Crippen LogP contribution in [0, 0.1) is 0 Å². The van der Waals surface area contributed by atoms with Gasteiger partial charge in [-0.2, -0.15) is 5.10 Å². The summed E-state index contributed by atoms with van der Waals surface area (Å²) in [4.78, 5) is 21.9. The molecule has 2 aliphatic rings. The van der Waals surface area contributed by atoms with Crippen LogP contribution in [-0.2, 0) is 6.54 Å². The highest BCUT2D eigenvalue weighted by Gasteiger charge is 2.43. The van der Waals surface area contributed by atoms with Crippen molar-refractivity contribution in [3.8, 4) is 11.4 Å². The first kappa shape index (κ1) is 12.3. The summed E-state index contributed by atoms with van der Waals surface area (Å²) in [5.41, 5.74) is 2.09. The van der Waals surface area contributed by atoms with Gasteiger partial charge in [0.25, 0.3) is 5.91 Å². The number of thiophene rings is 1. The molecular formula is C15H13N5OS. The van der Waals surface area contributed by atoms with Crippen LogP contribution in [0.2, 0.25) is 0 Å². The van der Waals surface area contributed by atoms with Crippen molar-refractivity contribution in [2.45, 2.75) is 31.3 Å². The Balaban J connectivity index is 1.65. The molecule has 110 valence electrons. The van der Waals surface area contributed by atoms with Crippen LogP contribution in [0.15, 0.2) is 23.8 Å². The van der Waals surface area contributed by atoms with E-state index >= 15 is 0 Å². The number of nitrogens with zero attached hydrogens (tertiary/aromatic N) is 4. The molecule has 1 aliphatic carbocycles. The van der Waals surface area contributed by atoms with Gasteiger partial charge in [-0.05, 0) is 36.8 Å². The maximum absolute atomic E-state index is 12.3. The second-order valence-electron chi connectivity index (χ2n) is 6.02. The van der Waals surface area contributed by atoms with E-state index < -0.39 is 0 Å². The van der Waals surface area contributed by atoms with Crippen LogP contribution in [-0.4, -0.2) is 31.2 Å². The lowest BCUT2D eigenvalue weighted by Crippen LogP contribution is -2.59. The van der Waals surface area contributed by atoms with Crippen molar-refractivity contribution in [2.24, 2.45) is 0 Å². The van der Waals surface area contributed by atoms with Gasteiger partial charge in [-0.1, -0.05) is 0 Å². The molecule has 4 heterocycles. The minimum atomic E-state index is -0.0727. The standard InChI is InChI=1S/C15H13N5OS/c21-13-11-6-10(12-9-2-5-22-14(9)17-8-16-12)19-20(11)7-15(18-13)3-1-4-15/h2,5-6,8H,1,3-4,7H2,(H,18,21). The number of carbonyl (C=O) groups is 1. The molecule has 1 saturated carbocycles. The zero-order chi connectivity index (χ0) is 14.7. The zero-order valence-electron chi connectivity index (χ0n) is 11.7. The van der Waals surface area contributed by atoms with Crippen LogP contribution in [0.5, 0.6) is 0 Å². The Hall–Kier alpha value is -2.28. The van der Waals surface area contributed by atoms with Crippen molar-refractivity contribution >= 4 is 27.5 Å². The fourth-order valence-electron chi connectivity index (χ4n) is 3.35. The molecule has 3 aromatic rings. The number of amides is 1. The Morgan fingerprint density at radius 3 is 3.05 bits per heavy atom. The van der Waals surface area contributed by atoms with E-state index in [1.54, 1.807) is 17.7 Å². The predicted molar refractivity (Wildman–Crippen MR) is 82.7 cm³/mol. The van der Waals surface area contributed by atoms with E-state index in [-0.39, 0.29) is 11.4 Å². The van der Waals surface area contributed by atoms with Gasteiger partial charge in [-0.15, -0.1) is 11.3 Å². The number of aromatic nitrogens is 4. The summed E-state index contributed by atoms with van der Waals surface area (Å²) >= 11 is 1.58. The quantitative estimate of drug-likeness (QED) is 0.748. The highest BCUT2D eigenvalue weighted by molar-refractivity contribution is 7.16. The van der Waals surface area contributed by atoms with E-state index in [0.29, 0.717) is 5.69 Å².